The lowest BCUT2D eigenvalue weighted by atomic mass is 9.66. The molecule has 1 aromatic rings. The fraction of sp³-hybridized carbons (Fsp3) is 0.562. The molecule has 2 fully saturated rings. The van der Waals surface area contributed by atoms with Gasteiger partial charge in [-0.3, -0.25) is 9.59 Å². The van der Waals surface area contributed by atoms with Crippen LogP contribution in [-0.2, 0) is 14.3 Å². The Labute approximate surface area is 128 Å². The number of hydrogen-bond acceptors (Lipinski definition) is 5. The lowest BCUT2D eigenvalue weighted by Gasteiger charge is -2.34. The van der Waals surface area contributed by atoms with Crippen molar-refractivity contribution in [3.8, 4) is 0 Å². The quantitative estimate of drug-likeness (QED) is 0.527. The highest BCUT2D eigenvalue weighted by molar-refractivity contribution is 5.99. The molecule has 2 unspecified atom stereocenters. The molecule has 1 N–H and O–H groups in total. The number of amides is 1. The summed E-state index contributed by atoms with van der Waals surface area (Å²) in [5.41, 5.74) is 0.748. The van der Waals surface area contributed by atoms with Gasteiger partial charge in [-0.15, -0.1) is 0 Å². The topological polar surface area (TPSA) is 80.9 Å². The van der Waals surface area contributed by atoms with Crippen molar-refractivity contribution in [3.63, 3.8) is 0 Å². The van der Waals surface area contributed by atoms with Crippen LogP contribution in [-0.4, -0.2) is 23.2 Å². The molecule has 2 heterocycles. The summed E-state index contributed by atoms with van der Waals surface area (Å²) in [5, 5.41) is 4.07. The summed E-state index contributed by atoms with van der Waals surface area (Å²) in [6.07, 6.45) is 2.70. The van der Waals surface area contributed by atoms with Crippen LogP contribution in [0.5, 0.6) is 0 Å². The maximum Gasteiger partial charge on any atom is 0.313 e. The highest BCUT2D eigenvalue weighted by Gasteiger charge is 2.75. The van der Waals surface area contributed by atoms with Crippen LogP contribution in [0.1, 0.15) is 46.3 Å². The second-order valence-corrected chi connectivity index (χ2v) is 6.79. The third-order valence-electron chi connectivity index (χ3n) is 5.65. The standard InChI is InChI=1S/C16H20N2O4/c1-10(11-6-5-9-21-11)17-18-12(19)16-8-7-15(4,13(20)22-16)14(16,2)3/h5-6,9H,7-8H2,1-4H3,(H,18,19)/b17-10+. The van der Waals surface area contributed by atoms with Gasteiger partial charge >= 0.3 is 5.97 Å². The van der Waals surface area contributed by atoms with E-state index in [0.717, 1.165) is 0 Å². The third kappa shape index (κ3) is 1.63. The predicted molar refractivity (Wildman–Crippen MR) is 79.0 cm³/mol. The Morgan fingerprint density at radius 2 is 2.05 bits per heavy atom. The van der Waals surface area contributed by atoms with Crippen LogP contribution in [0.2, 0.25) is 0 Å². The van der Waals surface area contributed by atoms with Crippen LogP contribution in [0, 0.1) is 10.8 Å². The van der Waals surface area contributed by atoms with Gasteiger partial charge in [0.25, 0.3) is 5.91 Å². The molecule has 2 atom stereocenters. The lowest BCUT2D eigenvalue weighted by Crippen LogP contribution is -2.52. The molecule has 1 aliphatic heterocycles. The largest absolute Gasteiger partial charge is 0.463 e. The van der Waals surface area contributed by atoms with Crippen molar-refractivity contribution in [1.82, 2.24) is 5.43 Å². The van der Waals surface area contributed by atoms with E-state index in [1.807, 2.05) is 20.8 Å². The summed E-state index contributed by atoms with van der Waals surface area (Å²) in [6.45, 7) is 7.43. The number of esters is 1. The highest BCUT2D eigenvalue weighted by Crippen LogP contribution is 2.65. The van der Waals surface area contributed by atoms with Gasteiger partial charge < -0.3 is 9.15 Å². The number of hydrazone groups is 1. The first-order valence-electron chi connectivity index (χ1n) is 7.37. The van der Waals surface area contributed by atoms with Gasteiger partial charge in [-0.05, 0) is 38.8 Å². The molecule has 2 bridgehead atoms. The number of rotatable bonds is 3. The molecular weight excluding hydrogens is 284 g/mol. The summed E-state index contributed by atoms with van der Waals surface area (Å²) in [6, 6.07) is 3.51. The van der Waals surface area contributed by atoms with E-state index >= 15 is 0 Å². The number of nitrogens with zero attached hydrogens (tertiary/aromatic N) is 1. The first-order chi connectivity index (χ1) is 10.2. The van der Waals surface area contributed by atoms with Crippen LogP contribution in [0.25, 0.3) is 0 Å². The number of fused-ring (bicyclic) bond motifs is 2. The van der Waals surface area contributed by atoms with Crippen molar-refractivity contribution in [3.05, 3.63) is 24.2 Å². The molecule has 3 rings (SSSR count). The maximum absolute atomic E-state index is 12.7. The molecule has 0 spiro atoms. The average molecular weight is 304 g/mol. The molecule has 0 aromatic carbocycles. The van der Waals surface area contributed by atoms with E-state index in [4.69, 9.17) is 9.15 Å². The molecule has 1 aliphatic carbocycles. The molecule has 1 saturated heterocycles. The van der Waals surface area contributed by atoms with Crippen LogP contribution < -0.4 is 5.43 Å². The van der Waals surface area contributed by atoms with Crippen molar-refractivity contribution in [2.75, 3.05) is 0 Å². The number of furan rings is 1. The Morgan fingerprint density at radius 3 is 2.55 bits per heavy atom. The van der Waals surface area contributed by atoms with Crippen LogP contribution in [0.4, 0.5) is 0 Å². The van der Waals surface area contributed by atoms with Gasteiger partial charge in [0, 0.05) is 5.41 Å². The zero-order valence-electron chi connectivity index (χ0n) is 13.2. The molecule has 118 valence electrons. The molecule has 6 heteroatoms. The molecule has 2 aliphatic rings. The van der Waals surface area contributed by atoms with Crippen LogP contribution in [0.15, 0.2) is 27.9 Å². The van der Waals surface area contributed by atoms with E-state index in [2.05, 4.69) is 10.5 Å². The fourth-order valence-corrected chi connectivity index (χ4v) is 3.51. The smallest absolute Gasteiger partial charge is 0.313 e. The van der Waals surface area contributed by atoms with Gasteiger partial charge in [-0.25, -0.2) is 5.43 Å². The summed E-state index contributed by atoms with van der Waals surface area (Å²) in [5.74, 6) is -0.0969. The maximum atomic E-state index is 12.7. The third-order valence-corrected chi connectivity index (χ3v) is 5.65. The van der Waals surface area contributed by atoms with Gasteiger partial charge in [-0.1, -0.05) is 13.8 Å². The number of hydrogen-bond donors (Lipinski definition) is 1. The zero-order valence-corrected chi connectivity index (χ0v) is 13.2. The summed E-state index contributed by atoms with van der Waals surface area (Å²) in [4.78, 5) is 24.8. The first-order valence-corrected chi connectivity index (χ1v) is 7.37. The summed E-state index contributed by atoms with van der Waals surface area (Å²) in [7, 11) is 0. The highest BCUT2D eigenvalue weighted by atomic mass is 16.6. The van der Waals surface area contributed by atoms with Gasteiger partial charge in [-0.2, -0.15) is 5.10 Å². The average Bonchev–Trinajstić information content (AvgIpc) is 3.10. The minimum atomic E-state index is -1.15. The van der Waals surface area contributed by atoms with E-state index in [-0.39, 0.29) is 11.9 Å². The van der Waals surface area contributed by atoms with E-state index in [1.165, 1.54) is 0 Å². The minimum absolute atomic E-state index is 0.300. The minimum Gasteiger partial charge on any atom is -0.463 e. The Hall–Kier alpha value is -2.11. The fourth-order valence-electron chi connectivity index (χ4n) is 3.51. The molecule has 1 amide bonds. The normalized spacial score (nSPS) is 32.9. The lowest BCUT2D eigenvalue weighted by molar-refractivity contribution is -0.168. The van der Waals surface area contributed by atoms with Crippen molar-refractivity contribution in [1.29, 1.82) is 0 Å². The van der Waals surface area contributed by atoms with Crippen LogP contribution >= 0.6 is 0 Å². The zero-order chi connectivity index (χ0) is 16.2. The Morgan fingerprint density at radius 1 is 1.32 bits per heavy atom. The SMILES string of the molecule is C/C(=N\NC(=O)C12CCC(C)(C(=O)O1)C2(C)C)c1ccco1. The molecule has 1 aromatic heterocycles. The second kappa shape index (κ2) is 4.44. The van der Waals surface area contributed by atoms with E-state index in [0.29, 0.717) is 24.3 Å². The molecule has 6 nitrogen and oxygen atoms in total. The summed E-state index contributed by atoms with van der Waals surface area (Å²) >= 11 is 0. The van der Waals surface area contributed by atoms with Gasteiger partial charge in [0.1, 0.15) is 11.5 Å². The van der Waals surface area contributed by atoms with Crippen molar-refractivity contribution in [2.24, 2.45) is 15.9 Å². The van der Waals surface area contributed by atoms with Crippen LogP contribution in [0.3, 0.4) is 0 Å². The summed E-state index contributed by atoms with van der Waals surface area (Å²) < 4.78 is 10.7. The number of ether oxygens (including phenoxy) is 1. The first kappa shape index (κ1) is 14.8. The van der Waals surface area contributed by atoms with E-state index in [1.54, 1.807) is 25.3 Å². The Bertz CT molecular complexity index is 662. The van der Waals surface area contributed by atoms with Gasteiger partial charge in [0.2, 0.25) is 0 Å². The number of carbonyl (C=O) groups is 2. The molecular formula is C16H20N2O4. The molecule has 1 saturated carbocycles. The van der Waals surface area contributed by atoms with E-state index < -0.39 is 16.4 Å². The molecule has 22 heavy (non-hydrogen) atoms. The number of carbonyl (C=O) groups excluding carboxylic acids is 2. The second-order valence-electron chi connectivity index (χ2n) is 6.79. The monoisotopic (exact) mass is 304 g/mol. The van der Waals surface area contributed by atoms with Crippen molar-refractivity contribution < 1.29 is 18.7 Å². The Kier molecular flexibility index (Phi) is 2.99. The van der Waals surface area contributed by atoms with Gasteiger partial charge in [0.15, 0.2) is 5.60 Å². The van der Waals surface area contributed by atoms with E-state index in [9.17, 15) is 9.59 Å². The van der Waals surface area contributed by atoms with Crippen molar-refractivity contribution >= 4 is 17.6 Å². The Balaban J connectivity index is 1.84. The number of nitrogens with one attached hydrogen (secondary N) is 1. The van der Waals surface area contributed by atoms with Gasteiger partial charge in [0.05, 0.1) is 11.7 Å². The predicted octanol–water partition coefficient (Wildman–Crippen LogP) is 2.24. The molecule has 0 radical (unpaired) electrons. The van der Waals surface area contributed by atoms with Crippen molar-refractivity contribution in [2.45, 2.75) is 46.1 Å².